The molecule has 2 aromatic carbocycles. The molecule has 8 heteroatoms. The molecular weight excluding hydrogens is 795 g/mol. The molecule has 0 atom stereocenters. The highest BCUT2D eigenvalue weighted by atomic mass is 79.9. The third-order valence-electron chi connectivity index (χ3n) is 2.76. The summed E-state index contributed by atoms with van der Waals surface area (Å²) in [7, 11) is 0. The third kappa shape index (κ3) is 4.28. The van der Waals surface area contributed by atoms with Crippen molar-refractivity contribution in [2.24, 2.45) is 0 Å². The van der Waals surface area contributed by atoms with Gasteiger partial charge in [-0.15, -0.1) is 0 Å². The van der Waals surface area contributed by atoms with Crippen LogP contribution >= 0.6 is 127 Å². The van der Waals surface area contributed by atoms with E-state index in [4.69, 9.17) is 0 Å². The molecule has 112 valence electrons. The fourth-order valence-electron chi connectivity index (χ4n) is 1.73. The number of hydrogen-bond donors (Lipinski definition) is 0. The fourth-order valence-corrected chi connectivity index (χ4v) is 6.56. The second-order valence-electron chi connectivity index (χ2n) is 4.07. The second-order valence-corrected chi connectivity index (χ2v) is 10.7. The van der Waals surface area contributed by atoms with E-state index in [2.05, 4.69) is 127 Å². The van der Waals surface area contributed by atoms with Gasteiger partial charge in [0.05, 0.1) is 0 Å². The molecule has 0 saturated carbocycles. The summed E-state index contributed by atoms with van der Waals surface area (Å²) in [6.07, 6.45) is 0.748. The monoisotopic (exact) mass is 791 g/mol. The van der Waals surface area contributed by atoms with Crippen molar-refractivity contribution in [3.63, 3.8) is 0 Å². The Morgan fingerprint density at radius 3 is 0.952 bits per heavy atom. The Hall–Kier alpha value is 2.28. The van der Waals surface area contributed by atoms with Crippen LogP contribution in [0.4, 0.5) is 0 Å². The first-order valence-corrected chi connectivity index (χ1v) is 11.7. The molecule has 0 fully saturated rings. The van der Waals surface area contributed by atoms with E-state index in [1.807, 2.05) is 12.1 Å². The first kappa shape index (κ1) is 19.6. The molecule has 0 aliphatic heterocycles. The standard InChI is InChI=1S/C13H4Br8/c14-6-2-7(15)11(19)4(10(6)18)1-5-12(20)8(16)3-9(17)13(5)21/h2-3H,1H2. The SMILES string of the molecule is Brc1cc(Br)c(Br)c(Cc2c(Br)c(Br)cc(Br)c2Br)c1Br. The molecule has 0 radical (unpaired) electrons. The molecule has 0 unspecified atom stereocenters. The van der Waals surface area contributed by atoms with Gasteiger partial charge in [-0.25, -0.2) is 0 Å². The zero-order valence-corrected chi connectivity index (χ0v) is 22.6. The van der Waals surface area contributed by atoms with Gasteiger partial charge in [0.15, 0.2) is 0 Å². The quantitative estimate of drug-likeness (QED) is 0.266. The van der Waals surface area contributed by atoms with E-state index in [0.717, 1.165) is 53.3 Å². The summed E-state index contributed by atoms with van der Waals surface area (Å²) in [4.78, 5) is 0. The number of halogens is 8. The highest BCUT2D eigenvalue weighted by Gasteiger charge is 2.18. The van der Waals surface area contributed by atoms with E-state index in [0.29, 0.717) is 0 Å². The maximum absolute atomic E-state index is 3.66. The summed E-state index contributed by atoms with van der Waals surface area (Å²) in [5, 5.41) is 0. The Morgan fingerprint density at radius 1 is 0.476 bits per heavy atom. The Balaban J connectivity index is 2.64. The summed E-state index contributed by atoms with van der Waals surface area (Å²) in [6.45, 7) is 0. The van der Waals surface area contributed by atoms with Crippen molar-refractivity contribution in [1.29, 1.82) is 0 Å². The second kappa shape index (κ2) is 8.11. The summed E-state index contributed by atoms with van der Waals surface area (Å²) >= 11 is 28.9. The van der Waals surface area contributed by atoms with Crippen LogP contribution < -0.4 is 0 Å². The van der Waals surface area contributed by atoms with E-state index in [1.165, 1.54) is 0 Å². The van der Waals surface area contributed by atoms with Crippen LogP contribution in [0.15, 0.2) is 47.9 Å². The lowest BCUT2D eigenvalue weighted by atomic mass is 10.1. The molecule has 0 N–H and O–H groups in total. The minimum absolute atomic E-state index is 0.748. The number of rotatable bonds is 2. The van der Waals surface area contributed by atoms with Crippen LogP contribution in [0.1, 0.15) is 11.1 Å². The lowest BCUT2D eigenvalue weighted by molar-refractivity contribution is 1.12. The van der Waals surface area contributed by atoms with Crippen molar-refractivity contribution < 1.29 is 0 Å². The molecule has 0 aliphatic rings. The van der Waals surface area contributed by atoms with Crippen molar-refractivity contribution in [3.8, 4) is 0 Å². The number of hydrogen-bond acceptors (Lipinski definition) is 0. The maximum atomic E-state index is 3.66. The third-order valence-corrected chi connectivity index (χ3v) is 11.0. The van der Waals surface area contributed by atoms with E-state index < -0.39 is 0 Å². The van der Waals surface area contributed by atoms with E-state index in [-0.39, 0.29) is 0 Å². The van der Waals surface area contributed by atoms with Gasteiger partial charge in [0.2, 0.25) is 0 Å². The van der Waals surface area contributed by atoms with Crippen LogP contribution in [0.5, 0.6) is 0 Å². The average Bonchev–Trinajstić information content (AvgIpc) is 2.42. The number of benzene rings is 2. The topological polar surface area (TPSA) is 0 Å². The summed E-state index contributed by atoms with van der Waals surface area (Å²) in [5.41, 5.74) is 2.31. The van der Waals surface area contributed by atoms with Crippen molar-refractivity contribution in [1.82, 2.24) is 0 Å². The van der Waals surface area contributed by atoms with Crippen molar-refractivity contribution in [3.05, 3.63) is 59.0 Å². The Labute approximate surface area is 190 Å². The first-order chi connectivity index (χ1) is 9.73. The van der Waals surface area contributed by atoms with Gasteiger partial charge in [-0.05, 0) is 151 Å². The van der Waals surface area contributed by atoms with Gasteiger partial charge in [0.1, 0.15) is 0 Å². The van der Waals surface area contributed by atoms with Crippen LogP contribution in [0.25, 0.3) is 0 Å². The predicted octanol–water partition coefficient (Wildman–Crippen LogP) is 9.38. The van der Waals surface area contributed by atoms with E-state index >= 15 is 0 Å². The van der Waals surface area contributed by atoms with Gasteiger partial charge >= 0.3 is 0 Å². The predicted molar refractivity (Wildman–Crippen MR) is 117 cm³/mol. The highest BCUT2D eigenvalue weighted by Crippen LogP contribution is 2.43. The zero-order chi connectivity index (χ0) is 15.9. The van der Waals surface area contributed by atoms with Gasteiger partial charge in [-0.1, -0.05) is 0 Å². The summed E-state index contributed by atoms with van der Waals surface area (Å²) < 4.78 is 8.17. The summed E-state index contributed by atoms with van der Waals surface area (Å²) in [5.74, 6) is 0. The van der Waals surface area contributed by atoms with Crippen molar-refractivity contribution in [2.75, 3.05) is 0 Å². The minimum Gasteiger partial charge on any atom is -0.0496 e. The van der Waals surface area contributed by atoms with E-state index in [9.17, 15) is 0 Å². The molecule has 0 spiro atoms. The van der Waals surface area contributed by atoms with Crippen molar-refractivity contribution >= 4 is 127 Å². The molecule has 0 saturated heterocycles. The molecular formula is C13H4Br8. The Bertz CT molecular complexity index is 609. The molecule has 2 rings (SSSR count). The Kier molecular flexibility index (Phi) is 7.57. The summed E-state index contributed by atoms with van der Waals surface area (Å²) in [6, 6.07) is 4.02. The van der Waals surface area contributed by atoms with Crippen LogP contribution in [0, 0.1) is 0 Å². The lowest BCUT2D eigenvalue weighted by Gasteiger charge is -2.15. The molecule has 0 heterocycles. The smallest absolute Gasteiger partial charge is 0.0364 e. The van der Waals surface area contributed by atoms with Gasteiger partial charge < -0.3 is 0 Å². The fraction of sp³-hybridized carbons (Fsp3) is 0.0769. The molecule has 0 bridgehead atoms. The molecule has 0 amide bonds. The molecule has 0 nitrogen and oxygen atoms in total. The largest absolute Gasteiger partial charge is 0.0496 e. The van der Waals surface area contributed by atoms with Crippen molar-refractivity contribution in [2.45, 2.75) is 6.42 Å². The molecule has 0 aliphatic carbocycles. The highest BCUT2D eigenvalue weighted by molar-refractivity contribution is 9.14. The zero-order valence-electron chi connectivity index (χ0n) is 9.89. The van der Waals surface area contributed by atoms with Crippen LogP contribution in [0.3, 0.4) is 0 Å². The van der Waals surface area contributed by atoms with Crippen LogP contribution in [-0.2, 0) is 6.42 Å². The molecule has 21 heavy (non-hydrogen) atoms. The lowest BCUT2D eigenvalue weighted by Crippen LogP contribution is -1.97. The van der Waals surface area contributed by atoms with Crippen LogP contribution in [-0.4, -0.2) is 0 Å². The minimum atomic E-state index is 0.748. The van der Waals surface area contributed by atoms with Gasteiger partial charge in [-0.2, -0.15) is 0 Å². The molecule has 2 aromatic rings. The first-order valence-electron chi connectivity index (χ1n) is 5.37. The Morgan fingerprint density at radius 2 is 0.714 bits per heavy atom. The van der Waals surface area contributed by atoms with Crippen LogP contribution in [0.2, 0.25) is 0 Å². The van der Waals surface area contributed by atoms with Gasteiger partial charge in [-0.3, -0.25) is 0 Å². The molecule has 0 aromatic heterocycles. The van der Waals surface area contributed by atoms with Gasteiger partial charge in [0.25, 0.3) is 0 Å². The average molecular weight is 799 g/mol. The normalized spacial score (nSPS) is 11.0. The maximum Gasteiger partial charge on any atom is 0.0364 e. The van der Waals surface area contributed by atoms with E-state index in [1.54, 1.807) is 0 Å². The van der Waals surface area contributed by atoms with Gasteiger partial charge in [0, 0.05) is 42.2 Å².